The summed E-state index contributed by atoms with van der Waals surface area (Å²) in [5.41, 5.74) is 2.76. The third-order valence-corrected chi connectivity index (χ3v) is 4.62. The van der Waals surface area contributed by atoms with E-state index in [1.54, 1.807) is 11.3 Å². The largest absolute Gasteiger partial charge is 0.233 e. The molecule has 2 rings (SSSR count). The van der Waals surface area contributed by atoms with E-state index in [1.165, 1.54) is 16.0 Å². The van der Waals surface area contributed by atoms with Crippen molar-refractivity contribution in [2.24, 2.45) is 0 Å². The second-order valence-corrected chi connectivity index (χ2v) is 6.18. The summed E-state index contributed by atoms with van der Waals surface area (Å²) in [6, 6.07) is 8.50. The first-order chi connectivity index (χ1) is 7.75. The molecule has 1 nitrogen and oxygen atoms in total. The molecule has 0 amide bonds. The van der Waals surface area contributed by atoms with Gasteiger partial charge in [0.2, 0.25) is 0 Å². The number of hydrogen-bond donors (Lipinski definition) is 0. The van der Waals surface area contributed by atoms with Crippen molar-refractivity contribution in [1.29, 1.82) is 0 Å². The van der Waals surface area contributed by atoms with Gasteiger partial charge in [-0.2, -0.15) is 11.8 Å². The zero-order valence-corrected chi connectivity index (χ0v) is 11.3. The van der Waals surface area contributed by atoms with Crippen LogP contribution in [0.1, 0.15) is 16.0 Å². The molecule has 0 saturated heterocycles. The quantitative estimate of drug-likeness (QED) is 0.808. The Hall–Kier alpha value is -0.510. The Labute approximate surface area is 109 Å². The number of thiazole rings is 1. The Morgan fingerprint density at radius 1 is 1.31 bits per heavy atom. The summed E-state index contributed by atoms with van der Waals surface area (Å²) >= 11 is 9.24. The molecule has 2 aromatic rings. The highest BCUT2D eigenvalue weighted by atomic mass is 35.5. The number of aromatic nitrogens is 1. The normalized spacial score (nSPS) is 10.6. The third-order valence-electron chi connectivity index (χ3n) is 2.29. The first-order valence-electron chi connectivity index (χ1n) is 4.98. The average Bonchev–Trinajstić information content (AvgIpc) is 2.67. The Kier molecular flexibility index (Phi) is 4.27. The molecule has 0 aliphatic heterocycles. The van der Waals surface area contributed by atoms with Crippen molar-refractivity contribution in [1.82, 2.24) is 4.98 Å². The Morgan fingerprint density at radius 2 is 2.12 bits per heavy atom. The SMILES string of the molecule is Cc1ccccc1CSCc1cnc(Cl)s1. The second kappa shape index (κ2) is 5.71. The van der Waals surface area contributed by atoms with Crippen LogP contribution in [-0.4, -0.2) is 4.98 Å². The second-order valence-electron chi connectivity index (χ2n) is 3.50. The number of hydrogen-bond acceptors (Lipinski definition) is 3. The van der Waals surface area contributed by atoms with Crippen molar-refractivity contribution >= 4 is 34.7 Å². The van der Waals surface area contributed by atoms with E-state index in [0.717, 1.165) is 11.5 Å². The van der Waals surface area contributed by atoms with Crippen molar-refractivity contribution in [3.05, 3.63) is 50.9 Å². The molecule has 4 heteroatoms. The highest BCUT2D eigenvalue weighted by molar-refractivity contribution is 7.97. The van der Waals surface area contributed by atoms with Gasteiger partial charge < -0.3 is 0 Å². The molecule has 1 heterocycles. The summed E-state index contributed by atoms with van der Waals surface area (Å²) in [5.74, 6) is 2.03. The fourth-order valence-corrected chi connectivity index (χ4v) is 3.56. The van der Waals surface area contributed by atoms with Gasteiger partial charge in [-0.1, -0.05) is 35.9 Å². The predicted molar refractivity (Wildman–Crippen MR) is 73.3 cm³/mol. The van der Waals surface area contributed by atoms with Gasteiger partial charge in [-0.15, -0.1) is 11.3 Å². The Morgan fingerprint density at radius 3 is 2.81 bits per heavy atom. The number of rotatable bonds is 4. The summed E-state index contributed by atoms with van der Waals surface area (Å²) in [4.78, 5) is 5.27. The van der Waals surface area contributed by atoms with Gasteiger partial charge in [0, 0.05) is 22.6 Å². The van der Waals surface area contributed by atoms with Crippen LogP contribution >= 0.6 is 34.7 Å². The zero-order valence-electron chi connectivity index (χ0n) is 8.94. The molecule has 0 radical (unpaired) electrons. The molecule has 0 aliphatic rings. The molecule has 1 aromatic heterocycles. The van der Waals surface area contributed by atoms with Crippen LogP contribution in [0, 0.1) is 6.92 Å². The number of aryl methyl sites for hydroxylation is 1. The van der Waals surface area contributed by atoms with Gasteiger partial charge >= 0.3 is 0 Å². The molecule has 0 fully saturated rings. The van der Waals surface area contributed by atoms with Gasteiger partial charge in [-0.05, 0) is 18.1 Å². The van der Waals surface area contributed by atoms with Crippen LogP contribution in [-0.2, 0) is 11.5 Å². The Balaban J connectivity index is 1.87. The lowest BCUT2D eigenvalue weighted by Gasteiger charge is -2.03. The molecule has 0 N–H and O–H groups in total. The molecule has 0 spiro atoms. The van der Waals surface area contributed by atoms with Crippen molar-refractivity contribution in [2.45, 2.75) is 18.4 Å². The number of halogens is 1. The molecule has 0 atom stereocenters. The van der Waals surface area contributed by atoms with E-state index in [0.29, 0.717) is 4.47 Å². The summed E-state index contributed by atoms with van der Waals surface area (Å²) in [7, 11) is 0. The minimum atomic E-state index is 0.631. The number of thioether (sulfide) groups is 1. The third kappa shape index (κ3) is 3.24. The van der Waals surface area contributed by atoms with Crippen LogP contribution in [0.25, 0.3) is 0 Å². The minimum absolute atomic E-state index is 0.631. The summed E-state index contributed by atoms with van der Waals surface area (Å²) in [6.07, 6.45) is 1.86. The Bertz CT molecular complexity index is 468. The maximum atomic E-state index is 5.78. The van der Waals surface area contributed by atoms with Gasteiger partial charge in [0.15, 0.2) is 4.47 Å². The van der Waals surface area contributed by atoms with E-state index in [2.05, 4.69) is 36.2 Å². The predicted octanol–water partition coefficient (Wildman–Crippen LogP) is 4.54. The number of nitrogens with zero attached hydrogens (tertiary/aromatic N) is 1. The van der Waals surface area contributed by atoms with Crippen LogP contribution in [0.2, 0.25) is 4.47 Å². The van der Waals surface area contributed by atoms with Crippen molar-refractivity contribution in [2.75, 3.05) is 0 Å². The van der Waals surface area contributed by atoms with Crippen LogP contribution in [0.5, 0.6) is 0 Å². The van der Waals surface area contributed by atoms with E-state index in [1.807, 2.05) is 18.0 Å². The topological polar surface area (TPSA) is 12.9 Å². The lowest BCUT2D eigenvalue weighted by Crippen LogP contribution is -1.85. The lowest BCUT2D eigenvalue weighted by atomic mass is 10.1. The van der Waals surface area contributed by atoms with E-state index in [-0.39, 0.29) is 0 Å². The minimum Gasteiger partial charge on any atom is -0.233 e. The smallest absolute Gasteiger partial charge is 0.183 e. The first-order valence-corrected chi connectivity index (χ1v) is 7.33. The standard InChI is InChI=1S/C12H12ClNS2/c1-9-4-2-3-5-10(9)7-15-8-11-6-14-12(13)16-11/h2-6H,7-8H2,1H3. The summed E-state index contributed by atoms with van der Waals surface area (Å²) < 4.78 is 0.631. The zero-order chi connectivity index (χ0) is 11.4. The van der Waals surface area contributed by atoms with Crippen LogP contribution in [0.3, 0.4) is 0 Å². The highest BCUT2D eigenvalue weighted by Crippen LogP contribution is 2.25. The van der Waals surface area contributed by atoms with Crippen LogP contribution in [0.15, 0.2) is 30.5 Å². The van der Waals surface area contributed by atoms with Crippen molar-refractivity contribution < 1.29 is 0 Å². The molecule has 0 unspecified atom stereocenters. The molecule has 84 valence electrons. The van der Waals surface area contributed by atoms with Crippen molar-refractivity contribution in [3.8, 4) is 0 Å². The fourth-order valence-electron chi connectivity index (χ4n) is 1.38. The molecular formula is C12H12ClNS2. The van der Waals surface area contributed by atoms with E-state index in [4.69, 9.17) is 11.6 Å². The first kappa shape index (κ1) is 12.0. The highest BCUT2D eigenvalue weighted by Gasteiger charge is 2.01. The molecule has 0 saturated carbocycles. The maximum absolute atomic E-state index is 5.78. The van der Waals surface area contributed by atoms with Crippen molar-refractivity contribution in [3.63, 3.8) is 0 Å². The molecule has 16 heavy (non-hydrogen) atoms. The molecule has 1 aromatic carbocycles. The summed E-state index contributed by atoms with van der Waals surface area (Å²) in [6.45, 7) is 2.15. The van der Waals surface area contributed by atoms with E-state index < -0.39 is 0 Å². The van der Waals surface area contributed by atoms with Gasteiger partial charge in [-0.25, -0.2) is 4.98 Å². The van der Waals surface area contributed by atoms with Crippen LogP contribution in [0.4, 0.5) is 0 Å². The lowest BCUT2D eigenvalue weighted by molar-refractivity contribution is 1.30. The van der Waals surface area contributed by atoms with Gasteiger partial charge in [-0.3, -0.25) is 0 Å². The van der Waals surface area contributed by atoms with Gasteiger partial charge in [0.1, 0.15) is 0 Å². The van der Waals surface area contributed by atoms with E-state index >= 15 is 0 Å². The molecular weight excluding hydrogens is 258 g/mol. The van der Waals surface area contributed by atoms with Crippen LogP contribution < -0.4 is 0 Å². The summed E-state index contributed by atoms with van der Waals surface area (Å²) in [5, 5.41) is 0. The maximum Gasteiger partial charge on any atom is 0.183 e. The van der Waals surface area contributed by atoms with Gasteiger partial charge in [0.05, 0.1) is 0 Å². The fraction of sp³-hybridized carbons (Fsp3) is 0.250. The number of benzene rings is 1. The monoisotopic (exact) mass is 269 g/mol. The molecule has 0 aliphatic carbocycles. The van der Waals surface area contributed by atoms with Gasteiger partial charge in [0.25, 0.3) is 0 Å². The average molecular weight is 270 g/mol. The molecule has 0 bridgehead atoms. The van der Waals surface area contributed by atoms with E-state index in [9.17, 15) is 0 Å².